The van der Waals surface area contributed by atoms with Crippen molar-refractivity contribution in [3.63, 3.8) is 0 Å². The lowest BCUT2D eigenvalue weighted by Crippen LogP contribution is -2.27. The van der Waals surface area contributed by atoms with Gasteiger partial charge in [0.1, 0.15) is 18.5 Å². The summed E-state index contributed by atoms with van der Waals surface area (Å²) in [5.74, 6) is 0.709. The van der Waals surface area contributed by atoms with Gasteiger partial charge >= 0.3 is 0 Å². The third kappa shape index (κ3) is 6.54. The Morgan fingerprint density at radius 2 is 1.84 bits per heavy atom. The van der Waals surface area contributed by atoms with E-state index in [4.69, 9.17) is 19.9 Å². The van der Waals surface area contributed by atoms with Crippen LogP contribution in [-0.4, -0.2) is 44.2 Å². The Hall–Kier alpha value is -1.14. The third-order valence-electron chi connectivity index (χ3n) is 2.58. The summed E-state index contributed by atoms with van der Waals surface area (Å²) in [7, 11) is 1.62. The van der Waals surface area contributed by atoms with Crippen molar-refractivity contribution in [3.8, 4) is 5.75 Å². The molecule has 0 fully saturated rings. The zero-order valence-electron chi connectivity index (χ0n) is 11.5. The van der Waals surface area contributed by atoms with Crippen molar-refractivity contribution in [1.29, 1.82) is 0 Å². The molecule has 0 aliphatic carbocycles. The van der Waals surface area contributed by atoms with Crippen LogP contribution in [0.3, 0.4) is 0 Å². The number of ether oxygens (including phenoxy) is 3. The molecule has 0 bridgehead atoms. The molecule has 3 N–H and O–H groups in total. The lowest BCUT2D eigenvalue weighted by Gasteiger charge is -2.16. The predicted molar refractivity (Wildman–Crippen MR) is 73.1 cm³/mol. The Bertz CT molecular complexity index is 342. The molecule has 5 heteroatoms. The normalized spacial score (nSPS) is 14.1. The molecule has 0 spiro atoms. The van der Waals surface area contributed by atoms with Gasteiger partial charge in [-0.2, -0.15) is 0 Å². The highest BCUT2D eigenvalue weighted by Gasteiger charge is 2.09. The van der Waals surface area contributed by atoms with Gasteiger partial charge < -0.3 is 25.1 Å². The fraction of sp³-hybridized carbons (Fsp3) is 0.571. The molecule has 0 aliphatic rings. The molecule has 0 aromatic heterocycles. The molecule has 1 aromatic rings. The van der Waals surface area contributed by atoms with E-state index in [0.717, 1.165) is 5.56 Å². The predicted octanol–water partition coefficient (Wildman–Crippen LogP) is 0.936. The molecule has 2 unspecified atom stereocenters. The first-order valence-electron chi connectivity index (χ1n) is 6.36. The Kier molecular flexibility index (Phi) is 7.43. The second-order valence-corrected chi connectivity index (χ2v) is 4.41. The van der Waals surface area contributed by atoms with Gasteiger partial charge in [-0.1, -0.05) is 12.1 Å². The van der Waals surface area contributed by atoms with Crippen molar-refractivity contribution >= 4 is 0 Å². The first-order valence-corrected chi connectivity index (χ1v) is 6.36. The second kappa shape index (κ2) is 8.87. The Morgan fingerprint density at radius 3 is 2.42 bits per heavy atom. The van der Waals surface area contributed by atoms with Crippen LogP contribution in [0.25, 0.3) is 0 Å². The van der Waals surface area contributed by atoms with Crippen molar-refractivity contribution in [2.75, 3.05) is 26.9 Å². The molecule has 19 heavy (non-hydrogen) atoms. The van der Waals surface area contributed by atoms with Crippen LogP contribution in [0.2, 0.25) is 0 Å². The van der Waals surface area contributed by atoms with Gasteiger partial charge in [-0.05, 0) is 24.6 Å². The zero-order valence-corrected chi connectivity index (χ0v) is 11.5. The van der Waals surface area contributed by atoms with Gasteiger partial charge in [-0.25, -0.2) is 0 Å². The van der Waals surface area contributed by atoms with E-state index in [1.54, 1.807) is 7.11 Å². The largest absolute Gasteiger partial charge is 0.491 e. The standard InChI is InChI=1S/C14H23NO4/c1-11(8-17-2)18-9-13(16)10-19-14-5-3-12(7-15)4-6-14/h3-6,11,13,16H,7-10,15H2,1-2H3. The molecule has 0 aliphatic heterocycles. The lowest BCUT2D eigenvalue weighted by atomic mass is 10.2. The number of nitrogens with two attached hydrogens (primary N) is 1. The van der Waals surface area contributed by atoms with E-state index in [9.17, 15) is 5.11 Å². The molecule has 0 saturated heterocycles. The zero-order chi connectivity index (χ0) is 14.1. The van der Waals surface area contributed by atoms with Gasteiger partial charge in [0, 0.05) is 13.7 Å². The number of methoxy groups -OCH3 is 1. The van der Waals surface area contributed by atoms with Crippen molar-refractivity contribution in [1.82, 2.24) is 0 Å². The Morgan fingerprint density at radius 1 is 1.16 bits per heavy atom. The molecule has 2 atom stereocenters. The van der Waals surface area contributed by atoms with Gasteiger partial charge in [0.05, 0.1) is 19.3 Å². The average molecular weight is 269 g/mol. The van der Waals surface area contributed by atoms with Crippen LogP contribution >= 0.6 is 0 Å². The van der Waals surface area contributed by atoms with E-state index >= 15 is 0 Å². The van der Waals surface area contributed by atoms with Gasteiger partial charge in [-0.15, -0.1) is 0 Å². The van der Waals surface area contributed by atoms with Crippen LogP contribution in [-0.2, 0) is 16.0 Å². The van der Waals surface area contributed by atoms with Crippen molar-refractivity contribution in [3.05, 3.63) is 29.8 Å². The molecule has 108 valence electrons. The summed E-state index contributed by atoms with van der Waals surface area (Å²) in [6, 6.07) is 7.48. The minimum Gasteiger partial charge on any atom is -0.491 e. The molecule has 5 nitrogen and oxygen atoms in total. The van der Waals surface area contributed by atoms with E-state index in [1.165, 1.54) is 0 Å². The summed E-state index contributed by atoms with van der Waals surface area (Å²) in [5.41, 5.74) is 6.55. The van der Waals surface area contributed by atoms with Crippen molar-refractivity contribution in [2.45, 2.75) is 25.7 Å². The molecular formula is C14H23NO4. The number of rotatable bonds is 9. The number of benzene rings is 1. The molecular weight excluding hydrogens is 246 g/mol. The highest BCUT2D eigenvalue weighted by atomic mass is 16.5. The first-order chi connectivity index (χ1) is 9.15. The van der Waals surface area contributed by atoms with Crippen LogP contribution in [0.5, 0.6) is 5.75 Å². The third-order valence-corrected chi connectivity index (χ3v) is 2.58. The fourth-order valence-electron chi connectivity index (χ4n) is 1.52. The van der Waals surface area contributed by atoms with Crippen LogP contribution in [0, 0.1) is 0 Å². The fourth-order valence-corrected chi connectivity index (χ4v) is 1.52. The maximum absolute atomic E-state index is 9.72. The van der Waals surface area contributed by atoms with Gasteiger partial charge in [0.2, 0.25) is 0 Å². The van der Waals surface area contributed by atoms with Gasteiger partial charge in [0.25, 0.3) is 0 Å². The molecule has 1 rings (SSSR count). The quantitative estimate of drug-likeness (QED) is 0.698. The molecule has 0 saturated carbocycles. The summed E-state index contributed by atoms with van der Waals surface area (Å²) in [6.07, 6.45) is -0.697. The lowest BCUT2D eigenvalue weighted by molar-refractivity contribution is -0.0423. The number of aliphatic hydroxyl groups excluding tert-OH is 1. The van der Waals surface area contributed by atoms with Gasteiger partial charge in [0.15, 0.2) is 0 Å². The summed E-state index contributed by atoms with van der Waals surface area (Å²) in [5, 5.41) is 9.72. The summed E-state index contributed by atoms with van der Waals surface area (Å²) in [4.78, 5) is 0. The SMILES string of the molecule is COCC(C)OCC(O)COc1ccc(CN)cc1. The van der Waals surface area contributed by atoms with Crippen molar-refractivity contribution in [2.24, 2.45) is 5.73 Å². The summed E-state index contributed by atoms with van der Waals surface area (Å²) < 4.78 is 15.8. The first kappa shape index (κ1) is 15.9. The average Bonchev–Trinajstić information content (AvgIpc) is 2.44. The monoisotopic (exact) mass is 269 g/mol. The smallest absolute Gasteiger partial charge is 0.119 e. The Labute approximate surface area is 114 Å². The highest BCUT2D eigenvalue weighted by molar-refractivity contribution is 5.27. The molecule has 0 amide bonds. The van der Waals surface area contributed by atoms with E-state index in [-0.39, 0.29) is 19.3 Å². The molecule has 1 aromatic carbocycles. The second-order valence-electron chi connectivity index (χ2n) is 4.41. The van der Waals surface area contributed by atoms with Crippen LogP contribution in [0.4, 0.5) is 0 Å². The topological polar surface area (TPSA) is 73.9 Å². The maximum atomic E-state index is 9.72. The van der Waals surface area contributed by atoms with E-state index < -0.39 is 6.10 Å². The molecule has 0 heterocycles. The Balaban J connectivity index is 2.23. The number of hydrogen-bond acceptors (Lipinski definition) is 5. The number of hydrogen-bond donors (Lipinski definition) is 2. The summed E-state index contributed by atoms with van der Waals surface area (Å²) >= 11 is 0. The van der Waals surface area contributed by atoms with Gasteiger partial charge in [-0.3, -0.25) is 0 Å². The van der Waals surface area contributed by atoms with Crippen LogP contribution in [0.1, 0.15) is 12.5 Å². The van der Waals surface area contributed by atoms with Crippen LogP contribution < -0.4 is 10.5 Å². The minimum absolute atomic E-state index is 0.0384. The molecule has 0 radical (unpaired) electrons. The van der Waals surface area contributed by atoms with E-state index in [0.29, 0.717) is 18.9 Å². The van der Waals surface area contributed by atoms with E-state index in [1.807, 2.05) is 31.2 Å². The minimum atomic E-state index is -0.659. The highest BCUT2D eigenvalue weighted by Crippen LogP contribution is 2.12. The van der Waals surface area contributed by atoms with Crippen molar-refractivity contribution < 1.29 is 19.3 Å². The maximum Gasteiger partial charge on any atom is 0.119 e. The summed E-state index contributed by atoms with van der Waals surface area (Å²) in [6.45, 7) is 3.33. The van der Waals surface area contributed by atoms with Crippen LogP contribution in [0.15, 0.2) is 24.3 Å². The van der Waals surface area contributed by atoms with E-state index in [2.05, 4.69) is 0 Å². The number of aliphatic hydroxyl groups is 1.